The summed E-state index contributed by atoms with van der Waals surface area (Å²) in [6.45, 7) is 4.31. The van der Waals surface area contributed by atoms with E-state index in [9.17, 15) is 4.79 Å². The van der Waals surface area contributed by atoms with Gasteiger partial charge >= 0.3 is 0 Å². The van der Waals surface area contributed by atoms with Crippen molar-refractivity contribution in [3.8, 4) is 5.75 Å². The topological polar surface area (TPSA) is 55.6 Å². The Labute approximate surface area is 129 Å². The minimum Gasteiger partial charge on any atom is -0.492 e. The third-order valence-corrected chi connectivity index (χ3v) is 4.70. The lowest BCUT2D eigenvalue weighted by Gasteiger charge is -2.19. The van der Waals surface area contributed by atoms with Crippen molar-refractivity contribution in [2.75, 3.05) is 24.8 Å². The fourth-order valence-corrected chi connectivity index (χ4v) is 3.21. The van der Waals surface area contributed by atoms with Crippen molar-refractivity contribution in [1.29, 1.82) is 0 Å². The first kappa shape index (κ1) is 15.4. The lowest BCUT2D eigenvalue weighted by atomic mass is 10.1. The first-order chi connectivity index (χ1) is 9.93. The zero-order valence-electron chi connectivity index (χ0n) is 12.8. The van der Waals surface area contributed by atoms with Gasteiger partial charge in [0.2, 0.25) is 0 Å². The van der Waals surface area contributed by atoms with Crippen LogP contribution in [0.15, 0.2) is 24.3 Å². The number of methoxy groups -OCH3 is 1. The Balaban J connectivity index is 2.30. The molecule has 4 nitrogen and oxygen atoms in total. The van der Waals surface area contributed by atoms with Gasteiger partial charge in [-0.1, -0.05) is 29.8 Å². The molecule has 2 N–H and O–H groups in total. The molecule has 0 bridgehead atoms. The molecular weight excluding hydrogens is 284 g/mol. The third-order valence-electron chi connectivity index (χ3n) is 3.29. The second-order valence-corrected chi connectivity index (χ2v) is 6.08. The number of nitrogens with zero attached hydrogens (tertiary/aromatic N) is 1. The van der Waals surface area contributed by atoms with Gasteiger partial charge in [0.15, 0.2) is 11.5 Å². The van der Waals surface area contributed by atoms with Gasteiger partial charge in [0.05, 0.1) is 17.7 Å². The van der Waals surface area contributed by atoms with Gasteiger partial charge in [-0.25, -0.2) is 0 Å². The van der Waals surface area contributed by atoms with Gasteiger partial charge in [-0.3, -0.25) is 4.79 Å². The number of thiophene rings is 1. The number of benzene rings is 1. The van der Waals surface area contributed by atoms with E-state index in [1.807, 2.05) is 7.05 Å². The number of carbonyl (C=O) groups is 1. The normalized spacial score (nSPS) is 10.5. The van der Waals surface area contributed by atoms with Crippen LogP contribution in [0.25, 0.3) is 0 Å². The van der Waals surface area contributed by atoms with Gasteiger partial charge in [0.1, 0.15) is 5.00 Å². The molecule has 0 spiro atoms. The Morgan fingerprint density at radius 1 is 1.33 bits per heavy atom. The number of hydrogen-bond acceptors (Lipinski definition) is 5. The van der Waals surface area contributed by atoms with Gasteiger partial charge in [0, 0.05) is 20.5 Å². The van der Waals surface area contributed by atoms with Gasteiger partial charge < -0.3 is 15.4 Å². The van der Waals surface area contributed by atoms with Crippen molar-refractivity contribution in [2.24, 2.45) is 0 Å². The molecule has 2 aromatic rings. The Bertz CT molecular complexity index is 647. The smallest absolute Gasteiger partial charge is 0.177 e. The van der Waals surface area contributed by atoms with E-state index in [2.05, 4.69) is 36.1 Å². The van der Waals surface area contributed by atoms with Crippen molar-refractivity contribution in [1.82, 2.24) is 0 Å². The number of nitrogen functional groups attached to an aromatic ring is 1. The molecule has 0 aliphatic heterocycles. The number of nitrogens with two attached hydrogens (primary N) is 1. The van der Waals surface area contributed by atoms with Gasteiger partial charge in [-0.2, -0.15) is 0 Å². The summed E-state index contributed by atoms with van der Waals surface area (Å²) in [5.41, 5.74) is 8.87. The molecule has 1 heterocycles. The predicted molar refractivity (Wildman–Crippen MR) is 88.6 cm³/mol. The highest BCUT2D eigenvalue weighted by atomic mass is 32.1. The molecule has 0 amide bonds. The van der Waals surface area contributed by atoms with Crippen LogP contribution in [0.1, 0.15) is 27.7 Å². The summed E-state index contributed by atoms with van der Waals surface area (Å²) < 4.78 is 5.38. The number of ketones is 1. The first-order valence-electron chi connectivity index (χ1n) is 6.68. The maximum absolute atomic E-state index is 11.6. The Hall–Kier alpha value is -2.01. The minimum absolute atomic E-state index is 0.0363. The number of rotatable bonds is 5. The van der Waals surface area contributed by atoms with Gasteiger partial charge in [-0.15, -0.1) is 11.3 Å². The SMILES string of the molecule is COc1c(N(C)Cc2ccc(C)cc2)sc(C(C)=O)c1N. The highest BCUT2D eigenvalue weighted by Crippen LogP contribution is 2.44. The van der Waals surface area contributed by atoms with Crippen LogP contribution in [0.4, 0.5) is 10.7 Å². The van der Waals surface area contributed by atoms with E-state index in [0.717, 1.165) is 11.5 Å². The third kappa shape index (κ3) is 3.19. The predicted octanol–water partition coefficient (Wildman–Crippen LogP) is 3.49. The largest absolute Gasteiger partial charge is 0.492 e. The molecule has 21 heavy (non-hydrogen) atoms. The highest BCUT2D eigenvalue weighted by molar-refractivity contribution is 7.19. The van der Waals surface area contributed by atoms with Crippen molar-refractivity contribution in [3.63, 3.8) is 0 Å². The van der Waals surface area contributed by atoms with Crippen LogP contribution >= 0.6 is 11.3 Å². The summed E-state index contributed by atoms with van der Waals surface area (Å²) in [4.78, 5) is 14.2. The summed E-state index contributed by atoms with van der Waals surface area (Å²) in [5, 5.41) is 0.876. The summed E-state index contributed by atoms with van der Waals surface area (Å²) >= 11 is 1.38. The van der Waals surface area contributed by atoms with E-state index in [-0.39, 0.29) is 5.78 Å². The summed E-state index contributed by atoms with van der Waals surface area (Å²) in [7, 11) is 3.54. The van der Waals surface area contributed by atoms with Crippen LogP contribution in [0, 0.1) is 6.92 Å². The van der Waals surface area contributed by atoms with E-state index < -0.39 is 0 Å². The summed E-state index contributed by atoms with van der Waals surface area (Å²) in [5.74, 6) is 0.547. The van der Waals surface area contributed by atoms with E-state index in [4.69, 9.17) is 10.5 Å². The molecule has 1 aromatic heterocycles. The van der Waals surface area contributed by atoms with Crippen LogP contribution < -0.4 is 15.4 Å². The second kappa shape index (κ2) is 6.18. The van der Waals surface area contributed by atoms with Crippen LogP contribution in [-0.4, -0.2) is 19.9 Å². The van der Waals surface area contributed by atoms with Crippen molar-refractivity contribution in [3.05, 3.63) is 40.3 Å². The summed E-state index contributed by atoms with van der Waals surface area (Å²) in [6.07, 6.45) is 0. The van der Waals surface area contributed by atoms with Crippen molar-refractivity contribution >= 4 is 27.8 Å². The molecule has 0 radical (unpaired) electrons. The molecule has 2 rings (SSSR count). The average Bonchev–Trinajstić information content (AvgIpc) is 2.78. The summed E-state index contributed by atoms with van der Waals surface area (Å²) in [6, 6.07) is 8.37. The average molecular weight is 304 g/mol. The van der Waals surface area contributed by atoms with Crippen LogP contribution in [0.3, 0.4) is 0 Å². The molecule has 0 saturated carbocycles. The minimum atomic E-state index is -0.0363. The molecule has 5 heteroatoms. The van der Waals surface area contributed by atoms with E-state index in [0.29, 0.717) is 16.3 Å². The maximum Gasteiger partial charge on any atom is 0.177 e. The molecule has 0 atom stereocenters. The van der Waals surface area contributed by atoms with Crippen LogP contribution in [0.5, 0.6) is 5.75 Å². The van der Waals surface area contributed by atoms with E-state index in [1.165, 1.54) is 29.4 Å². The molecule has 0 unspecified atom stereocenters. The number of carbonyl (C=O) groups excluding carboxylic acids is 1. The number of hydrogen-bond donors (Lipinski definition) is 1. The molecule has 0 saturated heterocycles. The van der Waals surface area contributed by atoms with E-state index in [1.54, 1.807) is 7.11 Å². The Morgan fingerprint density at radius 2 is 1.95 bits per heavy atom. The molecule has 0 aliphatic rings. The molecule has 1 aromatic carbocycles. The fourth-order valence-electron chi connectivity index (χ4n) is 2.17. The zero-order valence-corrected chi connectivity index (χ0v) is 13.6. The van der Waals surface area contributed by atoms with Crippen LogP contribution in [0.2, 0.25) is 0 Å². The van der Waals surface area contributed by atoms with Crippen molar-refractivity contribution in [2.45, 2.75) is 20.4 Å². The first-order valence-corrected chi connectivity index (χ1v) is 7.49. The number of ether oxygens (including phenoxy) is 1. The highest BCUT2D eigenvalue weighted by Gasteiger charge is 2.22. The van der Waals surface area contributed by atoms with Gasteiger partial charge in [-0.05, 0) is 12.5 Å². The monoisotopic (exact) mass is 304 g/mol. The quantitative estimate of drug-likeness (QED) is 0.859. The molecular formula is C16H20N2O2S. The molecule has 0 aliphatic carbocycles. The number of aryl methyl sites for hydroxylation is 1. The Kier molecular flexibility index (Phi) is 4.53. The van der Waals surface area contributed by atoms with Crippen LogP contribution in [-0.2, 0) is 6.54 Å². The zero-order chi connectivity index (χ0) is 15.6. The number of Topliss-reactive ketones (excluding diaryl/α,β-unsaturated/α-hetero) is 1. The number of anilines is 2. The Morgan fingerprint density at radius 3 is 2.48 bits per heavy atom. The standard InChI is InChI=1S/C16H20N2O2S/c1-10-5-7-12(8-6-10)9-18(3)16-14(20-4)13(17)15(21-16)11(2)19/h5-8H,9,17H2,1-4H3. The lowest BCUT2D eigenvalue weighted by Crippen LogP contribution is -2.15. The van der Waals surface area contributed by atoms with Crippen molar-refractivity contribution < 1.29 is 9.53 Å². The fraction of sp³-hybridized carbons (Fsp3) is 0.312. The molecule has 0 fully saturated rings. The van der Waals surface area contributed by atoms with E-state index >= 15 is 0 Å². The maximum atomic E-state index is 11.6. The lowest BCUT2D eigenvalue weighted by molar-refractivity contribution is 0.102. The molecule has 112 valence electrons. The second-order valence-electron chi connectivity index (χ2n) is 5.08. The van der Waals surface area contributed by atoms with Gasteiger partial charge in [0.25, 0.3) is 0 Å².